The summed E-state index contributed by atoms with van der Waals surface area (Å²) < 4.78 is 1.94. The van der Waals surface area contributed by atoms with Crippen LogP contribution in [0, 0.1) is 5.41 Å². The molecule has 0 aromatic carbocycles. The topological polar surface area (TPSA) is 112 Å². The van der Waals surface area contributed by atoms with Gasteiger partial charge in [-0.15, -0.1) is 10.2 Å². The van der Waals surface area contributed by atoms with Crippen LogP contribution < -0.4 is 0 Å². The van der Waals surface area contributed by atoms with Gasteiger partial charge in [-0.1, -0.05) is 13.3 Å². The highest BCUT2D eigenvalue weighted by atomic mass is 16.3. The molecule has 1 aromatic rings. The van der Waals surface area contributed by atoms with E-state index in [1.165, 1.54) is 0 Å². The summed E-state index contributed by atoms with van der Waals surface area (Å²) >= 11 is 0. The summed E-state index contributed by atoms with van der Waals surface area (Å²) in [5, 5.41) is 34.4. The number of aromatic nitrogens is 3. The third kappa shape index (κ3) is 5.04. The van der Waals surface area contributed by atoms with Crippen molar-refractivity contribution in [1.82, 2.24) is 19.7 Å². The van der Waals surface area contributed by atoms with E-state index in [1.807, 2.05) is 4.57 Å². The van der Waals surface area contributed by atoms with Crippen molar-refractivity contribution in [2.24, 2.45) is 5.41 Å². The number of carboxylic acid groups (broad SMARTS) is 1. The van der Waals surface area contributed by atoms with Crippen molar-refractivity contribution < 1.29 is 20.1 Å². The van der Waals surface area contributed by atoms with Crippen molar-refractivity contribution in [3.63, 3.8) is 0 Å². The van der Waals surface area contributed by atoms with Crippen LogP contribution in [-0.4, -0.2) is 73.8 Å². The highest BCUT2D eigenvalue weighted by Gasteiger charge is 2.40. The lowest BCUT2D eigenvalue weighted by Gasteiger charge is -2.44. The molecule has 1 aromatic heterocycles. The van der Waals surface area contributed by atoms with Gasteiger partial charge in [0.1, 0.15) is 12.7 Å². The third-order valence-corrected chi connectivity index (χ3v) is 4.27. The molecule has 22 heavy (non-hydrogen) atoms. The van der Waals surface area contributed by atoms with Gasteiger partial charge in [-0.2, -0.15) is 0 Å². The van der Waals surface area contributed by atoms with Crippen molar-refractivity contribution in [1.29, 1.82) is 0 Å². The Kier molecular flexibility index (Phi) is 8.00. The second-order valence-corrected chi connectivity index (χ2v) is 5.64. The summed E-state index contributed by atoms with van der Waals surface area (Å²) in [5.41, 5.74) is -0.290. The Bertz CT molecular complexity index is 415. The van der Waals surface area contributed by atoms with Gasteiger partial charge in [0, 0.05) is 25.0 Å². The first-order valence-corrected chi connectivity index (χ1v) is 7.53. The van der Waals surface area contributed by atoms with Gasteiger partial charge in [-0.05, 0) is 19.4 Å². The van der Waals surface area contributed by atoms with Gasteiger partial charge >= 0.3 is 0 Å². The molecule has 8 nitrogen and oxygen atoms in total. The minimum atomic E-state index is -0.438. The van der Waals surface area contributed by atoms with Gasteiger partial charge in [0.15, 0.2) is 0 Å². The Morgan fingerprint density at radius 3 is 2.50 bits per heavy atom. The van der Waals surface area contributed by atoms with E-state index in [0.29, 0.717) is 6.54 Å². The average Bonchev–Trinajstić information content (AvgIpc) is 3.02. The Morgan fingerprint density at radius 1 is 1.36 bits per heavy atom. The first-order chi connectivity index (χ1) is 10.6. The Morgan fingerprint density at radius 2 is 2.00 bits per heavy atom. The number of piperidine rings is 1. The lowest BCUT2D eigenvalue weighted by Crippen LogP contribution is -2.53. The molecule has 0 radical (unpaired) electrons. The highest BCUT2D eigenvalue weighted by Crippen LogP contribution is 2.35. The van der Waals surface area contributed by atoms with Crippen LogP contribution in [0.3, 0.4) is 0 Å². The minimum absolute atomic E-state index is 0.0846. The molecular weight excluding hydrogens is 288 g/mol. The number of rotatable bonds is 6. The van der Waals surface area contributed by atoms with Gasteiger partial charge < -0.3 is 19.9 Å². The van der Waals surface area contributed by atoms with E-state index >= 15 is 0 Å². The number of carbonyl (C=O) groups is 1. The van der Waals surface area contributed by atoms with Crippen LogP contribution in [-0.2, 0) is 11.3 Å². The molecule has 126 valence electrons. The lowest BCUT2D eigenvalue weighted by atomic mass is 9.73. The minimum Gasteiger partial charge on any atom is -0.483 e. The van der Waals surface area contributed by atoms with E-state index in [0.717, 1.165) is 38.9 Å². The number of hydrogen-bond acceptors (Lipinski definition) is 6. The van der Waals surface area contributed by atoms with Crippen molar-refractivity contribution in [2.75, 3.05) is 26.2 Å². The molecule has 1 saturated heterocycles. The molecule has 8 heteroatoms. The molecule has 1 aliphatic heterocycles. The monoisotopic (exact) mass is 314 g/mol. The predicted octanol–water partition coefficient (Wildman–Crippen LogP) is -0.176. The van der Waals surface area contributed by atoms with E-state index < -0.39 is 6.10 Å². The number of hydrogen-bond donors (Lipinski definition) is 3. The van der Waals surface area contributed by atoms with Gasteiger partial charge in [0.05, 0.1) is 12.7 Å². The van der Waals surface area contributed by atoms with Crippen LogP contribution in [0.2, 0.25) is 0 Å². The summed E-state index contributed by atoms with van der Waals surface area (Å²) in [6.07, 6.45) is 5.72. The van der Waals surface area contributed by atoms with E-state index in [1.54, 1.807) is 12.7 Å². The fourth-order valence-corrected chi connectivity index (χ4v) is 2.93. The van der Waals surface area contributed by atoms with Crippen molar-refractivity contribution in [3.8, 4) is 0 Å². The van der Waals surface area contributed by atoms with E-state index in [9.17, 15) is 10.2 Å². The summed E-state index contributed by atoms with van der Waals surface area (Å²) in [6.45, 7) is 5.22. The van der Waals surface area contributed by atoms with Crippen LogP contribution >= 0.6 is 0 Å². The van der Waals surface area contributed by atoms with E-state index in [2.05, 4.69) is 22.0 Å². The van der Waals surface area contributed by atoms with Crippen LogP contribution in [0.4, 0.5) is 0 Å². The molecule has 2 rings (SSSR count). The van der Waals surface area contributed by atoms with Crippen LogP contribution in [0.25, 0.3) is 0 Å². The lowest BCUT2D eigenvalue weighted by molar-refractivity contribution is -0.122. The molecule has 0 spiro atoms. The zero-order valence-electron chi connectivity index (χ0n) is 13.0. The highest BCUT2D eigenvalue weighted by molar-refractivity contribution is 5.32. The molecule has 0 bridgehead atoms. The Labute approximate surface area is 130 Å². The third-order valence-electron chi connectivity index (χ3n) is 4.27. The fraction of sp³-hybridized carbons (Fsp3) is 0.786. The standard InChI is InChI=1S/C13H24N4O2.CH2O2/c1-2-3-13(9-18)4-5-16(8-12(13)19)6-7-17-10-14-15-11-17;2-1-3/h10-12,18-19H,2-9H2,1H3;1H,(H,2,3)/t12-,13-;/m1./s1. The van der Waals surface area contributed by atoms with E-state index in [4.69, 9.17) is 9.90 Å². The number of nitrogens with zero attached hydrogens (tertiary/aromatic N) is 4. The molecule has 0 unspecified atom stereocenters. The number of β-amino-alcohol motifs (C(OH)–C–C–N with tert-alkyl or cyclic N) is 1. The normalized spacial score (nSPS) is 25.3. The van der Waals surface area contributed by atoms with Crippen molar-refractivity contribution in [3.05, 3.63) is 12.7 Å². The van der Waals surface area contributed by atoms with Crippen LogP contribution in [0.1, 0.15) is 26.2 Å². The average molecular weight is 314 g/mol. The van der Waals surface area contributed by atoms with Crippen molar-refractivity contribution in [2.45, 2.75) is 38.8 Å². The maximum absolute atomic E-state index is 10.3. The first-order valence-electron chi connectivity index (χ1n) is 7.53. The summed E-state index contributed by atoms with van der Waals surface area (Å²) in [7, 11) is 0. The number of aliphatic hydroxyl groups excluding tert-OH is 2. The Hall–Kier alpha value is -1.51. The first kappa shape index (κ1) is 18.5. The molecule has 0 amide bonds. The second-order valence-electron chi connectivity index (χ2n) is 5.64. The van der Waals surface area contributed by atoms with Gasteiger partial charge in [-0.3, -0.25) is 9.69 Å². The largest absolute Gasteiger partial charge is 0.483 e. The molecule has 2 atom stereocenters. The molecular formula is C14H26N4O4. The number of likely N-dealkylation sites (tertiary alicyclic amines) is 1. The van der Waals surface area contributed by atoms with Gasteiger partial charge in [0.2, 0.25) is 0 Å². The SMILES string of the molecule is CCC[C@]1(CO)CCN(CCn2cnnc2)C[C@H]1O.O=CO. The fourth-order valence-electron chi connectivity index (χ4n) is 2.93. The maximum atomic E-state index is 10.3. The second kappa shape index (κ2) is 9.50. The van der Waals surface area contributed by atoms with Crippen molar-refractivity contribution >= 4 is 6.47 Å². The smallest absolute Gasteiger partial charge is 0.290 e. The summed E-state index contributed by atoms with van der Waals surface area (Å²) in [6, 6.07) is 0. The molecule has 1 aliphatic rings. The zero-order valence-corrected chi connectivity index (χ0v) is 13.0. The van der Waals surface area contributed by atoms with Gasteiger partial charge in [0.25, 0.3) is 6.47 Å². The zero-order chi connectivity index (χ0) is 16.4. The quantitative estimate of drug-likeness (QED) is 0.625. The molecule has 3 N–H and O–H groups in total. The molecule has 0 aliphatic carbocycles. The van der Waals surface area contributed by atoms with Crippen LogP contribution in [0.15, 0.2) is 12.7 Å². The van der Waals surface area contributed by atoms with E-state index in [-0.39, 0.29) is 18.5 Å². The van der Waals surface area contributed by atoms with Gasteiger partial charge in [-0.25, -0.2) is 0 Å². The van der Waals surface area contributed by atoms with Crippen LogP contribution in [0.5, 0.6) is 0 Å². The Balaban J connectivity index is 0.000000745. The summed E-state index contributed by atoms with van der Waals surface area (Å²) in [4.78, 5) is 10.6. The predicted molar refractivity (Wildman–Crippen MR) is 80.2 cm³/mol. The molecule has 2 heterocycles. The number of aliphatic hydroxyl groups is 2. The maximum Gasteiger partial charge on any atom is 0.290 e. The summed E-state index contributed by atoms with van der Waals surface area (Å²) in [5.74, 6) is 0. The molecule has 0 saturated carbocycles. The molecule has 1 fully saturated rings.